The molecule has 124 valence electrons. The molecule has 0 spiro atoms. The molecule has 1 unspecified atom stereocenters. The fourth-order valence-corrected chi connectivity index (χ4v) is 2.63. The third-order valence-corrected chi connectivity index (χ3v) is 4.45. The third-order valence-electron chi connectivity index (χ3n) is 4.45. The van der Waals surface area contributed by atoms with Crippen LogP contribution in [0.3, 0.4) is 0 Å². The van der Waals surface area contributed by atoms with Gasteiger partial charge in [0.15, 0.2) is 0 Å². The number of hydrogen-bond donors (Lipinski definition) is 3. The van der Waals surface area contributed by atoms with Crippen LogP contribution in [0.1, 0.15) is 38.2 Å². The zero-order valence-corrected chi connectivity index (χ0v) is 13.5. The van der Waals surface area contributed by atoms with Crippen LogP contribution in [0.25, 0.3) is 0 Å². The molecular weight excluding hydrogens is 292 g/mol. The van der Waals surface area contributed by atoms with Crippen LogP contribution in [0, 0.1) is 0 Å². The van der Waals surface area contributed by atoms with Gasteiger partial charge in [0.1, 0.15) is 0 Å². The van der Waals surface area contributed by atoms with Crippen LogP contribution in [-0.4, -0.2) is 28.6 Å². The highest BCUT2D eigenvalue weighted by Gasteiger charge is 2.40. The molecule has 1 aromatic carbocycles. The molecule has 0 bridgehead atoms. The highest BCUT2D eigenvalue weighted by Crippen LogP contribution is 2.34. The highest BCUT2D eigenvalue weighted by molar-refractivity contribution is 5.98. The van der Waals surface area contributed by atoms with Crippen molar-refractivity contribution in [1.82, 2.24) is 5.32 Å². The second-order valence-electron chi connectivity index (χ2n) is 6.14. The summed E-state index contributed by atoms with van der Waals surface area (Å²) in [5, 5.41) is 15.7. The van der Waals surface area contributed by atoms with E-state index in [0.29, 0.717) is 18.5 Å². The molecule has 1 aliphatic carbocycles. The highest BCUT2D eigenvalue weighted by atomic mass is 16.3. The zero-order chi connectivity index (χ0) is 16.9. The Hall–Kier alpha value is -2.14. The molecule has 5 nitrogen and oxygen atoms in total. The number of aryl methyl sites for hydroxylation is 1. The number of benzene rings is 1. The lowest BCUT2D eigenvalue weighted by atomic mass is 9.75. The molecular formula is C18H24N2O3. The van der Waals surface area contributed by atoms with Gasteiger partial charge in [0.05, 0.1) is 11.6 Å². The summed E-state index contributed by atoms with van der Waals surface area (Å²) in [4.78, 5) is 23.2. The SMILES string of the molecule is C=CC(=O)Nc1ccc(CCC(=O)NC(C)C2(O)CCC2)cc1. The molecule has 0 heterocycles. The largest absolute Gasteiger partial charge is 0.388 e. The summed E-state index contributed by atoms with van der Waals surface area (Å²) >= 11 is 0. The van der Waals surface area contributed by atoms with E-state index in [4.69, 9.17) is 0 Å². The van der Waals surface area contributed by atoms with Crippen molar-refractivity contribution in [1.29, 1.82) is 0 Å². The molecule has 0 radical (unpaired) electrons. The van der Waals surface area contributed by atoms with E-state index < -0.39 is 5.60 Å². The second kappa shape index (κ2) is 7.42. The first-order valence-electron chi connectivity index (χ1n) is 7.97. The summed E-state index contributed by atoms with van der Waals surface area (Å²) in [6, 6.07) is 7.16. The van der Waals surface area contributed by atoms with E-state index in [1.54, 1.807) is 12.1 Å². The van der Waals surface area contributed by atoms with E-state index in [9.17, 15) is 14.7 Å². The van der Waals surface area contributed by atoms with E-state index in [1.165, 1.54) is 6.08 Å². The lowest BCUT2D eigenvalue weighted by Crippen LogP contribution is -2.55. The molecule has 2 amide bonds. The Labute approximate surface area is 136 Å². The molecule has 2 rings (SSSR count). The number of rotatable bonds is 7. The predicted molar refractivity (Wildman–Crippen MR) is 90.0 cm³/mol. The Kier molecular flexibility index (Phi) is 5.55. The Balaban J connectivity index is 1.77. The first-order chi connectivity index (χ1) is 10.9. The minimum Gasteiger partial charge on any atom is -0.388 e. The van der Waals surface area contributed by atoms with E-state index in [-0.39, 0.29) is 17.9 Å². The van der Waals surface area contributed by atoms with E-state index in [0.717, 1.165) is 24.8 Å². The molecule has 0 aromatic heterocycles. The van der Waals surface area contributed by atoms with Crippen molar-refractivity contribution in [2.24, 2.45) is 0 Å². The van der Waals surface area contributed by atoms with Gasteiger partial charge >= 0.3 is 0 Å². The molecule has 5 heteroatoms. The number of nitrogens with one attached hydrogen (secondary N) is 2. The summed E-state index contributed by atoms with van der Waals surface area (Å²) in [7, 11) is 0. The molecule has 0 aliphatic heterocycles. The van der Waals surface area contributed by atoms with Gasteiger partial charge in [-0.25, -0.2) is 0 Å². The van der Waals surface area contributed by atoms with Crippen molar-refractivity contribution >= 4 is 17.5 Å². The average Bonchev–Trinajstić information content (AvgIpc) is 2.51. The zero-order valence-electron chi connectivity index (χ0n) is 13.5. The third kappa shape index (κ3) is 4.66. The Bertz CT molecular complexity index is 576. The standard InChI is InChI=1S/C18H24N2O3/c1-3-16(21)20-15-8-5-14(6-9-15)7-10-17(22)19-13(2)18(23)11-4-12-18/h3,5-6,8-9,13,23H,1,4,7,10-12H2,2H3,(H,19,22)(H,20,21). The number of carbonyl (C=O) groups is 2. The van der Waals surface area contributed by atoms with Crippen LogP contribution >= 0.6 is 0 Å². The lowest BCUT2D eigenvalue weighted by Gasteiger charge is -2.41. The van der Waals surface area contributed by atoms with Gasteiger partial charge in [0.25, 0.3) is 0 Å². The smallest absolute Gasteiger partial charge is 0.247 e. The summed E-state index contributed by atoms with van der Waals surface area (Å²) in [6.07, 6.45) is 4.74. The van der Waals surface area contributed by atoms with Crippen molar-refractivity contribution < 1.29 is 14.7 Å². The number of amides is 2. The van der Waals surface area contributed by atoms with Gasteiger partial charge in [-0.05, 0) is 56.4 Å². The van der Waals surface area contributed by atoms with Crippen molar-refractivity contribution in [2.45, 2.75) is 50.7 Å². The molecule has 1 fully saturated rings. The van der Waals surface area contributed by atoms with Gasteiger partial charge in [0, 0.05) is 12.1 Å². The Morgan fingerprint density at radius 2 is 2.00 bits per heavy atom. The average molecular weight is 316 g/mol. The van der Waals surface area contributed by atoms with Crippen molar-refractivity contribution in [3.05, 3.63) is 42.5 Å². The summed E-state index contributed by atoms with van der Waals surface area (Å²) in [5.41, 5.74) is 0.997. The van der Waals surface area contributed by atoms with Crippen LogP contribution < -0.4 is 10.6 Å². The van der Waals surface area contributed by atoms with Crippen molar-refractivity contribution in [3.63, 3.8) is 0 Å². The molecule has 0 saturated heterocycles. The maximum Gasteiger partial charge on any atom is 0.247 e. The fourth-order valence-electron chi connectivity index (χ4n) is 2.63. The maximum atomic E-state index is 12.0. The molecule has 3 N–H and O–H groups in total. The number of carbonyl (C=O) groups excluding carboxylic acids is 2. The number of aliphatic hydroxyl groups is 1. The van der Waals surface area contributed by atoms with Crippen LogP contribution in [0.2, 0.25) is 0 Å². The van der Waals surface area contributed by atoms with E-state index >= 15 is 0 Å². The van der Waals surface area contributed by atoms with E-state index in [1.807, 2.05) is 19.1 Å². The van der Waals surface area contributed by atoms with Gasteiger partial charge in [-0.1, -0.05) is 18.7 Å². The van der Waals surface area contributed by atoms with Crippen LogP contribution in [0.5, 0.6) is 0 Å². The molecule has 1 atom stereocenters. The van der Waals surface area contributed by atoms with Crippen LogP contribution in [0.4, 0.5) is 5.69 Å². The molecule has 1 saturated carbocycles. The second-order valence-corrected chi connectivity index (χ2v) is 6.14. The van der Waals surface area contributed by atoms with Gasteiger partial charge in [0.2, 0.25) is 11.8 Å². The van der Waals surface area contributed by atoms with Crippen molar-refractivity contribution in [2.75, 3.05) is 5.32 Å². The normalized spacial score (nSPS) is 16.8. The predicted octanol–water partition coefficient (Wildman–Crippen LogP) is 2.16. The quantitative estimate of drug-likeness (QED) is 0.675. The number of hydrogen-bond acceptors (Lipinski definition) is 3. The van der Waals surface area contributed by atoms with Crippen LogP contribution in [-0.2, 0) is 16.0 Å². The summed E-state index contributed by atoms with van der Waals surface area (Å²) in [6.45, 7) is 5.26. The molecule has 1 aromatic rings. The lowest BCUT2D eigenvalue weighted by molar-refractivity contribution is -0.126. The first kappa shape index (κ1) is 17.2. The van der Waals surface area contributed by atoms with Gasteiger partial charge in [-0.2, -0.15) is 0 Å². The minimum atomic E-state index is -0.722. The fraction of sp³-hybridized carbons (Fsp3) is 0.444. The Morgan fingerprint density at radius 3 is 2.52 bits per heavy atom. The van der Waals surface area contributed by atoms with Crippen LogP contribution in [0.15, 0.2) is 36.9 Å². The van der Waals surface area contributed by atoms with Gasteiger partial charge < -0.3 is 15.7 Å². The maximum absolute atomic E-state index is 12.0. The minimum absolute atomic E-state index is 0.0538. The summed E-state index contributed by atoms with van der Waals surface area (Å²) < 4.78 is 0. The topological polar surface area (TPSA) is 78.4 Å². The summed E-state index contributed by atoms with van der Waals surface area (Å²) in [5.74, 6) is -0.304. The molecule has 1 aliphatic rings. The first-order valence-corrected chi connectivity index (χ1v) is 7.97. The van der Waals surface area contributed by atoms with E-state index in [2.05, 4.69) is 17.2 Å². The monoisotopic (exact) mass is 316 g/mol. The van der Waals surface area contributed by atoms with Gasteiger partial charge in [-0.3, -0.25) is 9.59 Å². The Morgan fingerprint density at radius 1 is 1.35 bits per heavy atom. The molecule has 23 heavy (non-hydrogen) atoms. The van der Waals surface area contributed by atoms with Gasteiger partial charge in [-0.15, -0.1) is 0 Å². The number of anilines is 1. The van der Waals surface area contributed by atoms with Crippen molar-refractivity contribution in [3.8, 4) is 0 Å².